The Labute approximate surface area is 175 Å². The molecule has 0 aromatic rings. The highest BCUT2D eigenvalue weighted by Crippen LogP contribution is 2.25. The molecule has 1 aliphatic rings. The maximum absolute atomic E-state index is 13.4. The molecule has 1 rings (SSSR count). The summed E-state index contributed by atoms with van der Waals surface area (Å²) in [4.78, 5) is 41.2. The zero-order chi connectivity index (χ0) is 22.5. The van der Waals surface area contributed by atoms with Crippen LogP contribution in [0.25, 0.3) is 0 Å². The highest BCUT2D eigenvalue weighted by atomic mass is 16.4. The maximum Gasteiger partial charge on any atom is 0.331 e. The van der Waals surface area contributed by atoms with Gasteiger partial charge in [-0.2, -0.15) is 0 Å². The lowest BCUT2D eigenvalue weighted by Crippen LogP contribution is -2.59. The number of carbonyl (C=O) groups is 3. The molecule has 29 heavy (non-hydrogen) atoms. The second kappa shape index (κ2) is 10.2. The van der Waals surface area contributed by atoms with Gasteiger partial charge >= 0.3 is 5.97 Å². The molecule has 1 aliphatic heterocycles. The summed E-state index contributed by atoms with van der Waals surface area (Å²) >= 11 is 0. The van der Waals surface area contributed by atoms with Gasteiger partial charge in [0.2, 0.25) is 11.8 Å². The van der Waals surface area contributed by atoms with Crippen LogP contribution in [0.4, 0.5) is 0 Å². The Morgan fingerprint density at radius 2 is 1.79 bits per heavy atom. The van der Waals surface area contributed by atoms with Crippen LogP contribution in [0.3, 0.4) is 0 Å². The van der Waals surface area contributed by atoms with E-state index in [2.05, 4.69) is 5.32 Å². The minimum absolute atomic E-state index is 0.0269. The van der Waals surface area contributed by atoms with Gasteiger partial charge in [0.05, 0.1) is 12.1 Å². The van der Waals surface area contributed by atoms with E-state index in [4.69, 9.17) is 0 Å². The van der Waals surface area contributed by atoms with Crippen LogP contribution in [0.2, 0.25) is 0 Å². The van der Waals surface area contributed by atoms with Crippen molar-refractivity contribution in [1.82, 2.24) is 15.1 Å². The number of amides is 2. The predicted molar refractivity (Wildman–Crippen MR) is 114 cm³/mol. The summed E-state index contributed by atoms with van der Waals surface area (Å²) in [5.41, 5.74) is -0.287. The van der Waals surface area contributed by atoms with E-state index in [1.54, 1.807) is 18.0 Å². The molecule has 1 heterocycles. The first-order valence-electron chi connectivity index (χ1n) is 10.5. The van der Waals surface area contributed by atoms with Crippen LogP contribution in [0.5, 0.6) is 0 Å². The topological polar surface area (TPSA) is 90.0 Å². The van der Waals surface area contributed by atoms with Gasteiger partial charge in [0.15, 0.2) is 0 Å². The molecule has 7 nitrogen and oxygen atoms in total. The number of rotatable bonds is 7. The molecular formula is C22H39N3O4. The van der Waals surface area contributed by atoms with Gasteiger partial charge < -0.3 is 15.3 Å². The number of likely N-dealkylation sites (tertiary alicyclic amines) is 1. The van der Waals surface area contributed by atoms with Crippen molar-refractivity contribution >= 4 is 17.8 Å². The van der Waals surface area contributed by atoms with E-state index in [9.17, 15) is 19.5 Å². The standard InChI is InChI=1S/C22H39N3O4/c1-14(2)17(13-15(3)21(28)29)25(8)20(27)18(22(4,5)6)23-19(26)16-11-9-10-12-24(16)7/h13-14,16-18H,9-12H2,1-8H3,(H,23,26)(H,28,29)/t16?,17?,18-/m1/s1. The number of carbonyl (C=O) groups excluding carboxylic acids is 2. The van der Waals surface area contributed by atoms with E-state index < -0.39 is 17.4 Å². The first-order valence-corrected chi connectivity index (χ1v) is 10.5. The average Bonchev–Trinajstić information content (AvgIpc) is 2.61. The van der Waals surface area contributed by atoms with E-state index in [0.29, 0.717) is 0 Å². The number of nitrogens with zero attached hydrogens (tertiary/aromatic N) is 2. The summed E-state index contributed by atoms with van der Waals surface area (Å²) in [6.07, 6.45) is 4.49. The van der Waals surface area contributed by atoms with Crippen LogP contribution in [0, 0.1) is 11.3 Å². The molecule has 0 aromatic heterocycles. The van der Waals surface area contributed by atoms with Crippen LogP contribution in [0.15, 0.2) is 11.6 Å². The van der Waals surface area contributed by atoms with Gasteiger partial charge in [-0.25, -0.2) is 4.79 Å². The average molecular weight is 410 g/mol. The van der Waals surface area contributed by atoms with Crippen molar-refractivity contribution in [2.45, 2.75) is 78.9 Å². The van der Waals surface area contributed by atoms with Crippen molar-refractivity contribution in [3.63, 3.8) is 0 Å². The fourth-order valence-corrected chi connectivity index (χ4v) is 3.72. The van der Waals surface area contributed by atoms with Gasteiger partial charge in [-0.3, -0.25) is 14.5 Å². The molecule has 0 aliphatic carbocycles. The maximum atomic E-state index is 13.4. The molecule has 0 radical (unpaired) electrons. The summed E-state index contributed by atoms with van der Waals surface area (Å²) in [6, 6.07) is -1.30. The molecule has 0 saturated carbocycles. The van der Waals surface area contributed by atoms with Crippen molar-refractivity contribution in [3.05, 3.63) is 11.6 Å². The van der Waals surface area contributed by atoms with Gasteiger partial charge in [-0.05, 0) is 44.7 Å². The Morgan fingerprint density at radius 1 is 1.21 bits per heavy atom. The first-order chi connectivity index (χ1) is 13.3. The Kier molecular flexibility index (Phi) is 8.87. The van der Waals surface area contributed by atoms with E-state index in [1.165, 1.54) is 6.92 Å². The summed E-state index contributed by atoms with van der Waals surface area (Å²) in [5.74, 6) is -1.30. The number of likely N-dealkylation sites (N-methyl/N-ethyl adjacent to an activating group) is 2. The van der Waals surface area contributed by atoms with Crippen molar-refractivity contribution in [1.29, 1.82) is 0 Å². The van der Waals surface area contributed by atoms with E-state index in [0.717, 1.165) is 25.8 Å². The Morgan fingerprint density at radius 3 is 2.24 bits per heavy atom. The van der Waals surface area contributed by atoms with Gasteiger partial charge in [-0.1, -0.05) is 47.1 Å². The van der Waals surface area contributed by atoms with Gasteiger partial charge in [0, 0.05) is 12.6 Å². The van der Waals surface area contributed by atoms with Crippen LogP contribution < -0.4 is 5.32 Å². The Hall–Kier alpha value is -1.89. The minimum Gasteiger partial charge on any atom is -0.478 e. The molecular weight excluding hydrogens is 370 g/mol. The second-order valence-electron chi connectivity index (χ2n) is 9.64. The molecule has 0 bridgehead atoms. The lowest BCUT2D eigenvalue weighted by Gasteiger charge is -2.39. The zero-order valence-electron chi connectivity index (χ0n) is 19.3. The molecule has 3 atom stereocenters. The number of carboxylic acid groups (broad SMARTS) is 1. The number of piperidine rings is 1. The smallest absolute Gasteiger partial charge is 0.331 e. The van der Waals surface area contributed by atoms with Crippen molar-refractivity contribution < 1.29 is 19.5 Å². The summed E-state index contributed by atoms with van der Waals surface area (Å²) in [6.45, 7) is 12.1. The molecule has 0 aromatic carbocycles. The molecule has 1 saturated heterocycles. The molecule has 1 fully saturated rings. The first kappa shape index (κ1) is 25.1. The third-order valence-corrected chi connectivity index (χ3v) is 5.71. The number of hydrogen-bond donors (Lipinski definition) is 2. The zero-order valence-corrected chi connectivity index (χ0v) is 19.3. The molecule has 0 spiro atoms. The Balaban J connectivity index is 3.10. The van der Waals surface area contributed by atoms with Crippen LogP contribution in [0.1, 0.15) is 60.8 Å². The number of aliphatic carboxylic acids is 1. The fourth-order valence-electron chi connectivity index (χ4n) is 3.72. The third-order valence-electron chi connectivity index (χ3n) is 5.71. The number of nitrogens with one attached hydrogen (secondary N) is 1. The predicted octanol–water partition coefficient (Wildman–Crippen LogP) is 2.52. The van der Waals surface area contributed by atoms with Crippen LogP contribution in [-0.4, -0.2) is 71.5 Å². The van der Waals surface area contributed by atoms with Gasteiger partial charge in [-0.15, -0.1) is 0 Å². The molecule has 7 heteroatoms. The minimum atomic E-state index is -1.00. The van der Waals surface area contributed by atoms with E-state index in [1.807, 2.05) is 46.6 Å². The number of hydrogen-bond acceptors (Lipinski definition) is 4. The quantitative estimate of drug-likeness (QED) is 0.631. The largest absolute Gasteiger partial charge is 0.478 e. The second-order valence-corrected chi connectivity index (χ2v) is 9.64. The summed E-state index contributed by atoms with van der Waals surface area (Å²) < 4.78 is 0. The highest BCUT2D eigenvalue weighted by molar-refractivity contribution is 5.91. The molecule has 2 amide bonds. The van der Waals surface area contributed by atoms with E-state index >= 15 is 0 Å². The SMILES string of the molecule is CC(=CC(C(C)C)N(C)C(=O)[C@@H](NC(=O)C1CCCCN1C)C(C)(C)C)C(=O)O. The molecule has 166 valence electrons. The third kappa shape index (κ3) is 6.84. The van der Waals surface area contributed by atoms with Crippen LogP contribution in [-0.2, 0) is 14.4 Å². The summed E-state index contributed by atoms with van der Waals surface area (Å²) in [5, 5.41) is 12.2. The fraction of sp³-hybridized carbons (Fsp3) is 0.773. The van der Waals surface area contributed by atoms with Crippen molar-refractivity contribution in [2.75, 3.05) is 20.6 Å². The lowest BCUT2D eigenvalue weighted by molar-refractivity contribution is -0.141. The normalized spacial score (nSPS) is 20.9. The summed E-state index contributed by atoms with van der Waals surface area (Å²) in [7, 11) is 3.62. The Bertz CT molecular complexity index is 636. The monoisotopic (exact) mass is 409 g/mol. The van der Waals surface area contributed by atoms with E-state index in [-0.39, 0.29) is 35.4 Å². The van der Waals surface area contributed by atoms with Gasteiger partial charge in [0.25, 0.3) is 0 Å². The van der Waals surface area contributed by atoms with Crippen molar-refractivity contribution in [2.24, 2.45) is 11.3 Å². The molecule has 2 N–H and O–H groups in total. The van der Waals surface area contributed by atoms with Crippen LogP contribution >= 0.6 is 0 Å². The lowest BCUT2D eigenvalue weighted by atomic mass is 9.84. The van der Waals surface area contributed by atoms with Gasteiger partial charge in [0.1, 0.15) is 6.04 Å². The van der Waals surface area contributed by atoms with Crippen molar-refractivity contribution in [3.8, 4) is 0 Å². The highest BCUT2D eigenvalue weighted by Gasteiger charge is 2.39. The number of carboxylic acids is 1. The molecule has 2 unspecified atom stereocenters.